The van der Waals surface area contributed by atoms with Crippen molar-refractivity contribution in [2.45, 2.75) is 57.9 Å². The molecule has 5 rings (SSSR count). The van der Waals surface area contributed by atoms with E-state index in [9.17, 15) is 0 Å². The van der Waals surface area contributed by atoms with Gasteiger partial charge in [-0.3, -0.25) is 4.90 Å². The lowest BCUT2D eigenvalue weighted by Gasteiger charge is -2.31. The molecule has 158 valence electrons. The van der Waals surface area contributed by atoms with Gasteiger partial charge in [0, 0.05) is 21.9 Å². The fourth-order valence-electron chi connectivity index (χ4n) is 4.35. The fourth-order valence-corrected chi connectivity index (χ4v) is 4.54. The fraction of sp³-hybridized carbons (Fsp3) is 0.545. The molecule has 1 aliphatic carbocycles. The molecule has 0 radical (unpaired) electrons. The Labute approximate surface area is 180 Å². The van der Waals surface area contributed by atoms with E-state index in [-0.39, 0.29) is 5.41 Å². The van der Waals surface area contributed by atoms with Crippen molar-refractivity contribution < 1.29 is 9.05 Å². The summed E-state index contributed by atoms with van der Waals surface area (Å²) in [4.78, 5) is 11.6. The number of aromatic nitrogens is 4. The number of hydrogen-bond donors (Lipinski definition) is 0. The van der Waals surface area contributed by atoms with Gasteiger partial charge in [-0.05, 0) is 49.9 Å². The zero-order valence-corrected chi connectivity index (χ0v) is 18.3. The third-order valence-electron chi connectivity index (χ3n) is 6.34. The second-order valence-electron chi connectivity index (χ2n) is 9.63. The molecule has 2 fully saturated rings. The minimum Gasteiger partial charge on any atom is -0.339 e. The maximum absolute atomic E-state index is 6.08. The molecule has 0 N–H and O–H groups in total. The Hall–Kier alpha value is -2.25. The van der Waals surface area contributed by atoms with Crippen molar-refractivity contribution in [1.29, 1.82) is 0 Å². The summed E-state index contributed by atoms with van der Waals surface area (Å²) in [5.41, 5.74) is 1.06. The number of nitrogens with zero attached hydrogens (tertiary/aromatic N) is 5. The average molecular weight is 428 g/mol. The molecule has 1 atom stereocenters. The Morgan fingerprint density at radius 3 is 2.63 bits per heavy atom. The van der Waals surface area contributed by atoms with Crippen molar-refractivity contribution in [3.8, 4) is 11.4 Å². The van der Waals surface area contributed by atoms with Crippen LogP contribution in [0.25, 0.3) is 11.4 Å². The monoisotopic (exact) mass is 427 g/mol. The lowest BCUT2D eigenvalue weighted by atomic mass is 9.91. The summed E-state index contributed by atoms with van der Waals surface area (Å²) >= 11 is 6.08. The smallest absolute Gasteiger partial charge is 0.232 e. The molecule has 1 aromatic carbocycles. The molecule has 1 saturated carbocycles. The first kappa shape index (κ1) is 19.7. The van der Waals surface area contributed by atoms with Crippen LogP contribution in [0.2, 0.25) is 5.02 Å². The third-order valence-corrected chi connectivity index (χ3v) is 6.57. The molecule has 2 aliphatic rings. The van der Waals surface area contributed by atoms with Gasteiger partial charge >= 0.3 is 0 Å². The lowest BCUT2D eigenvalue weighted by Crippen LogP contribution is -2.34. The molecular weight excluding hydrogens is 402 g/mol. The number of halogens is 1. The van der Waals surface area contributed by atoms with Gasteiger partial charge in [-0.15, -0.1) is 0 Å². The van der Waals surface area contributed by atoms with Crippen LogP contribution >= 0.6 is 11.6 Å². The van der Waals surface area contributed by atoms with E-state index in [4.69, 9.17) is 20.6 Å². The van der Waals surface area contributed by atoms with Crippen LogP contribution in [0.15, 0.2) is 33.3 Å². The maximum atomic E-state index is 6.08. The first-order chi connectivity index (χ1) is 14.3. The molecule has 0 amide bonds. The van der Waals surface area contributed by atoms with E-state index in [1.165, 1.54) is 0 Å². The molecule has 2 aromatic heterocycles. The molecule has 1 aliphatic heterocycles. The minimum absolute atomic E-state index is 0.119. The van der Waals surface area contributed by atoms with Crippen molar-refractivity contribution >= 4 is 11.6 Å². The van der Waals surface area contributed by atoms with Gasteiger partial charge in [0.1, 0.15) is 0 Å². The van der Waals surface area contributed by atoms with Crippen LogP contribution in [0.3, 0.4) is 0 Å². The van der Waals surface area contributed by atoms with Gasteiger partial charge < -0.3 is 9.05 Å². The molecule has 1 saturated heterocycles. The predicted molar refractivity (Wildman–Crippen MR) is 112 cm³/mol. The molecule has 3 aromatic rings. The number of piperidine rings is 1. The molecule has 0 bridgehead atoms. The number of likely N-dealkylation sites (tertiary alicyclic amines) is 1. The van der Waals surface area contributed by atoms with Crippen molar-refractivity contribution in [3.05, 3.63) is 46.9 Å². The van der Waals surface area contributed by atoms with Crippen LogP contribution in [-0.4, -0.2) is 38.3 Å². The quantitative estimate of drug-likeness (QED) is 0.589. The molecule has 3 heterocycles. The summed E-state index contributed by atoms with van der Waals surface area (Å²) in [7, 11) is 0. The molecule has 8 heteroatoms. The van der Waals surface area contributed by atoms with Crippen LogP contribution < -0.4 is 0 Å². The standard InChI is InChI=1S/C22H26ClN5O2/c1-21(2,3)20-24-17(26-30-20)13-28-9-7-22(8-10-28)12-16(22)19-25-18(27-29-19)14-5-4-6-15(23)11-14/h4-6,11,16H,7-10,12-13H2,1-3H3/t16-/m1/s1. The molecule has 30 heavy (non-hydrogen) atoms. The highest BCUT2D eigenvalue weighted by atomic mass is 35.5. The second-order valence-corrected chi connectivity index (χ2v) is 10.1. The summed E-state index contributed by atoms with van der Waals surface area (Å²) in [5, 5.41) is 9.01. The van der Waals surface area contributed by atoms with Crippen LogP contribution in [0.1, 0.15) is 63.6 Å². The number of rotatable bonds is 4. The van der Waals surface area contributed by atoms with Crippen LogP contribution in [-0.2, 0) is 12.0 Å². The van der Waals surface area contributed by atoms with E-state index >= 15 is 0 Å². The third kappa shape index (κ3) is 3.76. The van der Waals surface area contributed by atoms with E-state index in [1.54, 1.807) is 0 Å². The average Bonchev–Trinajstić information content (AvgIpc) is 3.08. The Morgan fingerprint density at radius 2 is 1.93 bits per heavy atom. The topological polar surface area (TPSA) is 81.1 Å². The van der Waals surface area contributed by atoms with Crippen molar-refractivity contribution in [2.24, 2.45) is 5.41 Å². The summed E-state index contributed by atoms with van der Waals surface area (Å²) in [5.74, 6) is 3.19. The second kappa shape index (κ2) is 7.17. The largest absolute Gasteiger partial charge is 0.339 e. The number of benzene rings is 1. The van der Waals surface area contributed by atoms with Gasteiger partial charge in [-0.2, -0.15) is 9.97 Å². The first-order valence-electron chi connectivity index (χ1n) is 10.5. The Morgan fingerprint density at radius 1 is 1.13 bits per heavy atom. The Kier molecular flexibility index (Phi) is 4.71. The van der Waals surface area contributed by atoms with Crippen LogP contribution in [0, 0.1) is 5.41 Å². The van der Waals surface area contributed by atoms with Crippen molar-refractivity contribution in [3.63, 3.8) is 0 Å². The van der Waals surface area contributed by atoms with Gasteiger partial charge in [0.25, 0.3) is 0 Å². The normalized spacial score (nSPS) is 21.3. The van der Waals surface area contributed by atoms with E-state index < -0.39 is 0 Å². The minimum atomic E-state index is -0.119. The summed E-state index contributed by atoms with van der Waals surface area (Å²) in [6.45, 7) is 9.02. The van der Waals surface area contributed by atoms with Crippen LogP contribution in [0.5, 0.6) is 0 Å². The van der Waals surface area contributed by atoms with Gasteiger partial charge in [0.15, 0.2) is 5.82 Å². The van der Waals surface area contributed by atoms with Gasteiger partial charge in [0.2, 0.25) is 17.6 Å². The summed E-state index contributed by atoms with van der Waals surface area (Å²) in [6, 6.07) is 7.55. The molecule has 7 nitrogen and oxygen atoms in total. The molecule has 0 unspecified atom stereocenters. The van der Waals surface area contributed by atoms with Crippen molar-refractivity contribution in [2.75, 3.05) is 13.1 Å². The van der Waals surface area contributed by atoms with Crippen LogP contribution in [0.4, 0.5) is 0 Å². The predicted octanol–water partition coefficient (Wildman–Crippen LogP) is 4.84. The summed E-state index contributed by atoms with van der Waals surface area (Å²) in [6.07, 6.45) is 3.36. The summed E-state index contributed by atoms with van der Waals surface area (Å²) < 4.78 is 11.0. The Bertz CT molecular complexity index is 1050. The zero-order valence-electron chi connectivity index (χ0n) is 17.6. The highest BCUT2D eigenvalue weighted by Crippen LogP contribution is 2.64. The Balaban J connectivity index is 1.19. The van der Waals surface area contributed by atoms with Gasteiger partial charge in [-0.1, -0.05) is 54.8 Å². The van der Waals surface area contributed by atoms with E-state index in [0.717, 1.165) is 56.2 Å². The van der Waals surface area contributed by atoms with Gasteiger partial charge in [-0.25, -0.2) is 0 Å². The van der Waals surface area contributed by atoms with E-state index in [0.29, 0.717) is 28.1 Å². The lowest BCUT2D eigenvalue weighted by molar-refractivity contribution is 0.154. The zero-order chi connectivity index (χ0) is 20.9. The van der Waals surface area contributed by atoms with Gasteiger partial charge in [0.05, 0.1) is 6.54 Å². The molecule has 1 spiro atoms. The highest BCUT2D eigenvalue weighted by Gasteiger charge is 2.58. The maximum Gasteiger partial charge on any atom is 0.232 e. The first-order valence-corrected chi connectivity index (χ1v) is 10.9. The van der Waals surface area contributed by atoms with E-state index in [1.807, 2.05) is 24.3 Å². The molecular formula is C22H26ClN5O2. The SMILES string of the molecule is CC(C)(C)c1nc(CN2CCC3(CC2)C[C@@H]3c2nc(-c3cccc(Cl)c3)no2)no1. The van der Waals surface area contributed by atoms with Crippen molar-refractivity contribution in [1.82, 2.24) is 25.2 Å². The van der Waals surface area contributed by atoms with E-state index in [2.05, 4.69) is 46.0 Å². The highest BCUT2D eigenvalue weighted by molar-refractivity contribution is 6.30. The number of hydrogen-bond acceptors (Lipinski definition) is 7.